The van der Waals surface area contributed by atoms with Crippen LogP contribution in [0.2, 0.25) is 5.02 Å². The van der Waals surface area contributed by atoms with Crippen molar-refractivity contribution in [2.45, 2.75) is 0 Å². The molecular formula is C18H12ClN3O3S. The standard InChI is InChI=1S/C18H12ClN3O3S/c1-21-13-7-6-10(19)8-14(13)26-18(21)20-15(23)9-22-16(24)11-4-2-3-5-12(11)17(22)25/h2-8H,9H2,1H3. The molecule has 26 heavy (non-hydrogen) atoms. The van der Waals surface area contributed by atoms with Crippen molar-refractivity contribution in [2.24, 2.45) is 12.0 Å². The van der Waals surface area contributed by atoms with Gasteiger partial charge in [-0.1, -0.05) is 35.1 Å². The first-order valence-electron chi connectivity index (χ1n) is 7.73. The first-order chi connectivity index (χ1) is 12.5. The zero-order valence-corrected chi connectivity index (χ0v) is 15.2. The Balaban J connectivity index is 1.64. The highest BCUT2D eigenvalue weighted by molar-refractivity contribution is 7.16. The monoisotopic (exact) mass is 385 g/mol. The van der Waals surface area contributed by atoms with Gasteiger partial charge in [0.25, 0.3) is 17.7 Å². The Morgan fingerprint density at radius 1 is 1.12 bits per heavy atom. The Bertz CT molecular complexity index is 1130. The number of amides is 3. The van der Waals surface area contributed by atoms with Gasteiger partial charge >= 0.3 is 0 Å². The summed E-state index contributed by atoms with van der Waals surface area (Å²) in [5, 5.41) is 0.600. The van der Waals surface area contributed by atoms with Crippen molar-refractivity contribution >= 4 is 50.9 Å². The minimum atomic E-state index is -0.562. The van der Waals surface area contributed by atoms with Crippen LogP contribution in [0, 0.1) is 0 Å². The SMILES string of the molecule is Cn1c(=NC(=O)CN2C(=O)c3ccccc3C2=O)sc2cc(Cl)ccc21. The number of aryl methyl sites for hydroxylation is 1. The average Bonchev–Trinajstić information content (AvgIpc) is 3.04. The molecule has 0 spiro atoms. The van der Waals surface area contributed by atoms with E-state index >= 15 is 0 Å². The van der Waals surface area contributed by atoms with Gasteiger partial charge in [-0.2, -0.15) is 4.99 Å². The molecule has 2 aromatic carbocycles. The second-order valence-electron chi connectivity index (χ2n) is 5.80. The van der Waals surface area contributed by atoms with Crippen LogP contribution in [0.4, 0.5) is 0 Å². The predicted octanol–water partition coefficient (Wildman–Crippen LogP) is 2.62. The lowest BCUT2D eigenvalue weighted by molar-refractivity contribution is -0.118. The summed E-state index contributed by atoms with van der Waals surface area (Å²) in [6.07, 6.45) is 0. The van der Waals surface area contributed by atoms with Crippen LogP contribution in [0.15, 0.2) is 47.5 Å². The Morgan fingerprint density at radius 2 is 1.77 bits per heavy atom. The fourth-order valence-electron chi connectivity index (χ4n) is 2.87. The molecule has 0 bridgehead atoms. The van der Waals surface area contributed by atoms with Crippen molar-refractivity contribution in [2.75, 3.05) is 6.54 Å². The number of carbonyl (C=O) groups excluding carboxylic acids is 3. The van der Waals surface area contributed by atoms with Gasteiger partial charge in [0.1, 0.15) is 6.54 Å². The fourth-order valence-corrected chi connectivity index (χ4v) is 4.19. The molecule has 0 unspecified atom stereocenters. The number of halogens is 1. The Labute approximate surface area is 157 Å². The predicted molar refractivity (Wildman–Crippen MR) is 98.2 cm³/mol. The Morgan fingerprint density at radius 3 is 2.42 bits per heavy atom. The number of carbonyl (C=O) groups is 3. The smallest absolute Gasteiger partial charge is 0.268 e. The number of fused-ring (bicyclic) bond motifs is 2. The van der Waals surface area contributed by atoms with E-state index in [-0.39, 0.29) is 6.54 Å². The van der Waals surface area contributed by atoms with E-state index in [2.05, 4.69) is 4.99 Å². The van der Waals surface area contributed by atoms with Gasteiger partial charge in [-0.3, -0.25) is 19.3 Å². The van der Waals surface area contributed by atoms with E-state index in [0.717, 1.165) is 15.1 Å². The molecule has 130 valence electrons. The van der Waals surface area contributed by atoms with E-state index in [1.165, 1.54) is 11.3 Å². The summed E-state index contributed by atoms with van der Waals surface area (Å²) in [4.78, 5) is 42.5. The highest BCUT2D eigenvalue weighted by Crippen LogP contribution is 2.23. The van der Waals surface area contributed by atoms with Crippen molar-refractivity contribution in [1.82, 2.24) is 9.47 Å². The summed E-state index contributed by atoms with van der Waals surface area (Å²) >= 11 is 7.31. The molecule has 3 aromatic rings. The highest BCUT2D eigenvalue weighted by Gasteiger charge is 2.36. The van der Waals surface area contributed by atoms with Gasteiger partial charge in [-0.15, -0.1) is 0 Å². The van der Waals surface area contributed by atoms with Crippen molar-refractivity contribution in [1.29, 1.82) is 0 Å². The lowest BCUT2D eigenvalue weighted by Crippen LogP contribution is -2.35. The van der Waals surface area contributed by atoms with Crippen LogP contribution in [-0.2, 0) is 11.8 Å². The number of hydrogen-bond donors (Lipinski definition) is 0. The van der Waals surface area contributed by atoms with E-state index < -0.39 is 17.7 Å². The van der Waals surface area contributed by atoms with Crippen molar-refractivity contribution in [3.05, 3.63) is 63.4 Å². The summed E-state index contributed by atoms with van der Waals surface area (Å²) in [5.74, 6) is -1.50. The molecule has 8 heteroatoms. The molecule has 0 radical (unpaired) electrons. The van der Waals surface area contributed by atoms with Crippen LogP contribution >= 0.6 is 22.9 Å². The average molecular weight is 386 g/mol. The number of rotatable bonds is 2. The topological polar surface area (TPSA) is 71.7 Å². The molecule has 0 saturated heterocycles. The van der Waals surface area contributed by atoms with E-state index in [4.69, 9.17) is 11.6 Å². The van der Waals surface area contributed by atoms with Crippen LogP contribution in [-0.4, -0.2) is 33.7 Å². The molecule has 4 rings (SSSR count). The zero-order chi connectivity index (χ0) is 18.4. The molecule has 3 amide bonds. The first kappa shape index (κ1) is 16.7. The van der Waals surface area contributed by atoms with Crippen molar-refractivity contribution in [3.63, 3.8) is 0 Å². The van der Waals surface area contributed by atoms with Crippen LogP contribution in [0.25, 0.3) is 10.2 Å². The van der Waals surface area contributed by atoms with Crippen molar-refractivity contribution < 1.29 is 14.4 Å². The molecule has 1 aliphatic rings. The van der Waals surface area contributed by atoms with E-state index in [0.29, 0.717) is 21.0 Å². The van der Waals surface area contributed by atoms with E-state index in [9.17, 15) is 14.4 Å². The quantitative estimate of drug-likeness (QED) is 0.636. The second kappa shape index (κ2) is 6.19. The molecule has 0 aliphatic carbocycles. The van der Waals surface area contributed by atoms with Crippen LogP contribution in [0.3, 0.4) is 0 Å². The number of benzene rings is 2. The normalized spacial score (nSPS) is 14.4. The fraction of sp³-hybridized carbons (Fsp3) is 0.111. The molecule has 2 heterocycles. The molecule has 0 saturated carbocycles. The number of hydrogen-bond acceptors (Lipinski definition) is 4. The summed E-state index contributed by atoms with van der Waals surface area (Å²) in [6.45, 7) is -0.388. The molecule has 0 atom stereocenters. The van der Waals surface area contributed by atoms with Gasteiger partial charge in [-0.25, -0.2) is 0 Å². The van der Waals surface area contributed by atoms with Crippen LogP contribution < -0.4 is 4.80 Å². The molecule has 6 nitrogen and oxygen atoms in total. The molecule has 1 aliphatic heterocycles. The molecular weight excluding hydrogens is 374 g/mol. The number of aromatic nitrogens is 1. The summed E-state index contributed by atoms with van der Waals surface area (Å²) < 4.78 is 2.67. The van der Waals surface area contributed by atoms with Gasteiger partial charge in [0.15, 0.2) is 4.80 Å². The molecule has 0 fully saturated rings. The minimum Gasteiger partial charge on any atom is -0.319 e. The van der Waals surface area contributed by atoms with Gasteiger partial charge < -0.3 is 4.57 Å². The van der Waals surface area contributed by atoms with Gasteiger partial charge in [0.05, 0.1) is 21.3 Å². The highest BCUT2D eigenvalue weighted by atomic mass is 35.5. The largest absolute Gasteiger partial charge is 0.319 e. The van der Waals surface area contributed by atoms with Crippen LogP contribution in [0.1, 0.15) is 20.7 Å². The summed E-state index contributed by atoms with van der Waals surface area (Å²) in [5.41, 5.74) is 1.52. The third kappa shape index (κ3) is 2.65. The van der Waals surface area contributed by atoms with Gasteiger partial charge in [-0.05, 0) is 30.3 Å². The number of imide groups is 1. The van der Waals surface area contributed by atoms with E-state index in [1.807, 2.05) is 6.07 Å². The lowest BCUT2D eigenvalue weighted by Gasteiger charge is -2.10. The molecule has 0 N–H and O–H groups in total. The minimum absolute atomic E-state index is 0.312. The van der Waals surface area contributed by atoms with Gasteiger partial charge in [0, 0.05) is 12.1 Å². The zero-order valence-electron chi connectivity index (χ0n) is 13.6. The summed E-state index contributed by atoms with van der Waals surface area (Å²) in [7, 11) is 1.79. The molecule has 1 aromatic heterocycles. The number of nitrogens with zero attached hydrogens (tertiary/aromatic N) is 3. The van der Waals surface area contributed by atoms with E-state index in [1.54, 1.807) is 48.0 Å². The first-order valence-corrected chi connectivity index (χ1v) is 8.93. The maximum absolute atomic E-state index is 12.4. The third-order valence-corrected chi connectivity index (χ3v) is 5.49. The lowest BCUT2D eigenvalue weighted by atomic mass is 10.1. The maximum Gasteiger partial charge on any atom is 0.268 e. The number of thiazole rings is 1. The van der Waals surface area contributed by atoms with Gasteiger partial charge in [0.2, 0.25) is 0 Å². The summed E-state index contributed by atoms with van der Waals surface area (Å²) in [6, 6.07) is 11.9. The van der Waals surface area contributed by atoms with Crippen molar-refractivity contribution in [3.8, 4) is 0 Å². The maximum atomic E-state index is 12.4. The Kier molecular flexibility index (Phi) is 3.97. The second-order valence-corrected chi connectivity index (χ2v) is 7.25. The van der Waals surface area contributed by atoms with Crippen LogP contribution in [0.5, 0.6) is 0 Å². The Hall–Kier alpha value is -2.77. The third-order valence-electron chi connectivity index (χ3n) is 4.16.